The summed E-state index contributed by atoms with van der Waals surface area (Å²) in [5, 5.41) is 0. The molecule has 6 aromatic rings. The number of pyridine rings is 1. The molecule has 0 radical (unpaired) electrons. The Kier molecular flexibility index (Phi) is 6.76. The van der Waals surface area contributed by atoms with E-state index >= 15 is 0 Å². The lowest BCUT2D eigenvalue weighted by Crippen LogP contribution is -2.03. The molecule has 3 aromatic heterocycles. The molecule has 0 aliphatic carbocycles. The maximum absolute atomic E-state index is 6.29. The third-order valence-corrected chi connectivity index (χ3v) is 7.55. The average molecular weight is 511 g/mol. The summed E-state index contributed by atoms with van der Waals surface area (Å²) in [6.07, 6.45) is 2.08. The van der Waals surface area contributed by atoms with Crippen molar-refractivity contribution in [1.29, 1.82) is 0 Å². The molecule has 3 heterocycles. The van der Waals surface area contributed by atoms with Gasteiger partial charge < -0.3 is 4.74 Å². The van der Waals surface area contributed by atoms with E-state index in [0.29, 0.717) is 6.61 Å². The molecule has 1 atom stereocenters. The van der Waals surface area contributed by atoms with Crippen molar-refractivity contribution in [2.45, 2.75) is 19.4 Å². The van der Waals surface area contributed by atoms with Crippen LogP contribution in [-0.4, -0.2) is 9.38 Å². The van der Waals surface area contributed by atoms with Crippen molar-refractivity contribution in [2.24, 2.45) is 0 Å². The van der Waals surface area contributed by atoms with Gasteiger partial charge in [-0.2, -0.15) is 0 Å². The van der Waals surface area contributed by atoms with Crippen LogP contribution in [-0.2, 0) is 6.61 Å². The highest BCUT2D eigenvalue weighted by Crippen LogP contribution is 2.38. The molecule has 4 heteroatoms. The number of hydrogen-bond acceptors (Lipinski definition) is 3. The van der Waals surface area contributed by atoms with Crippen LogP contribution in [0.3, 0.4) is 0 Å². The average Bonchev–Trinajstić information content (AvgIpc) is 3.61. The number of ether oxygens (including phenoxy) is 1. The first kappa shape index (κ1) is 23.8. The molecule has 38 heavy (non-hydrogen) atoms. The van der Waals surface area contributed by atoms with Crippen LogP contribution < -0.4 is 4.74 Å². The lowest BCUT2D eigenvalue weighted by molar-refractivity contribution is 0.308. The van der Waals surface area contributed by atoms with Gasteiger partial charge in [-0.15, -0.1) is 11.3 Å². The van der Waals surface area contributed by atoms with Gasteiger partial charge in [-0.05, 0) is 47.5 Å². The highest BCUT2D eigenvalue weighted by molar-refractivity contribution is 7.16. The van der Waals surface area contributed by atoms with Crippen molar-refractivity contribution in [3.05, 3.63) is 149 Å². The summed E-state index contributed by atoms with van der Waals surface area (Å²) in [5.41, 5.74) is 6.30. The first-order chi connectivity index (χ1) is 18.8. The summed E-state index contributed by atoms with van der Waals surface area (Å²) in [6, 6.07) is 39.1. The van der Waals surface area contributed by atoms with Gasteiger partial charge in [-0.25, -0.2) is 4.98 Å². The molecule has 0 aliphatic rings. The number of hydrogen-bond donors (Lipinski definition) is 0. The van der Waals surface area contributed by atoms with Gasteiger partial charge in [0, 0.05) is 17.7 Å². The molecule has 3 aromatic carbocycles. The van der Waals surface area contributed by atoms with Crippen molar-refractivity contribution in [3.8, 4) is 28.2 Å². The summed E-state index contributed by atoms with van der Waals surface area (Å²) < 4.78 is 8.47. The Morgan fingerprint density at radius 1 is 0.789 bits per heavy atom. The molecule has 1 unspecified atom stereocenters. The second-order valence-corrected chi connectivity index (χ2v) is 10.2. The summed E-state index contributed by atoms with van der Waals surface area (Å²) in [5.74, 6) is 7.50. The van der Waals surface area contributed by atoms with Gasteiger partial charge >= 0.3 is 0 Å². The number of rotatable bonds is 6. The van der Waals surface area contributed by atoms with E-state index in [1.807, 2.05) is 60.7 Å². The van der Waals surface area contributed by atoms with Crippen LogP contribution in [0.25, 0.3) is 16.2 Å². The predicted molar refractivity (Wildman–Crippen MR) is 156 cm³/mol. The van der Waals surface area contributed by atoms with E-state index in [1.165, 1.54) is 5.56 Å². The summed E-state index contributed by atoms with van der Waals surface area (Å²) in [6.45, 7) is 2.73. The highest BCUT2D eigenvalue weighted by Gasteiger charge is 2.23. The standard InChI is InChI=1S/C34H26N2OS/c1-25(28-16-9-4-10-17-28)33-32(31-22-21-29(38-31)20-19-26-12-5-2-6-13-26)35-34-30(18-11-23-36(33)34)37-24-27-14-7-3-8-15-27/h2-18,21-23,25H,24H2,1H3. The normalized spacial score (nSPS) is 11.6. The van der Waals surface area contributed by atoms with E-state index in [0.717, 1.165) is 43.7 Å². The molecular weight excluding hydrogens is 484 g/mol. The van der Waals surface area contributed by atoms with Crippen molar-refractivity contribution in [3.63, 3.8) is 0 Å². The van der Waals surface area contributed by atoms with E-state index in [1.54, 1.807) is 11.3 Å². The van der Waals surface area contributed by atoms with E-state index in [-0.39, 0.29) is 5.92 Å². The van der Waals surface area contributed by atoms with E-state index in [9.17, 15) is 0 Å². The van der Waals surface area contributed by atoms with Crippen LogP contribution in [0.15, 0.2) is 121 Å². The molecule has 6 rings (SSSR count). The van der Waals surface area contributed by atoms with Crippen LogP contribution in [0.2, 0.25) is 0 Å². The Morgan fingerprint density at radius 3 is 2.26 bits per heavy atom. The summed E-state index contributed by atoms with van der Waals surface area (Å²) in [4.78, 5) is 7.28. The number of thiophene rings is 1. The molecule has 3 nitrogen and oxygen atoms in total. The quantitative estimate of drug-likeness (QED) is 0.211. The van der Waals surface area contributed by atoms with Gasteiger partial charge in [0.2, 0.25) is 0 Å². The van der Waals surface area contributed by atoms with Gasteiger partial charge in [-0.1, -0.05) is 97.6 Å². The number of aromatic nitrogens is 2. The minimum Gasteiger partial charge on any atom is -0.485 e. The second-order valence-electron chi connectivity index (χ2n) is 9.10. The zero-order valence-electron chi connectivity index (χ0n) is 21.0. The number of nitrogens with zero attached hydrogens (tertiary/aromatic N) is 2. The molecule has 184 valence electrons. The van der Waals surface area contributed by atoms with Gasteiger partial charge in [-0.3, -0.25) is 4.40 Å². The van der Waals surface area contributed by atoms with E-state index in [2.05, 4.69) is 84.0 Å². The van der Waals surface area contributed by atoms with Crippen LogP contribution in [0.5, 0.6) is 5.75 Å². The first-order valence-electron chi connectivity index (χ1n) is 12.7. The Morgan fingerprint density at radius 2 is 1.50 bits per heavy atom. The molecule has 0 spiro atoms. The topological polar surface area (TPSA) is 26.5 Å². The third kappa shape index (κ3) is 4.98. The van der Waals surface area contributed by atoms with Crippen LogP contribution in [0, 0.1) is 11.8 Å². The highest BCUT2D eigenvalue weighted by atomic mass is 32.1. The number of fused-ring (bicyclic) bond motifs is 1. The maximum Gasteiger partial charge on any atom is 0.180 e. The van der Waals surface area contributed by atoms with E-state index < -0.39 is 0 Å². The third-order valence-electron chi connectivity index (χ3n) is 6.54. The molecule has 0 fully saturated rings. The number of benzene rings is 3. The van der Waals surface area contributed by atoms with Crippen molar-refractivity contribution in [2.75, 3.05) is 0 Å². The van der Waals surface area contributed by atoms with Crippen LogP contribution >= 0.6 is 11.3 Å². The van der Waals surface area contributed by atoms with Crippen LogP contribution in [0.1, 0.15) is 40.1 Å². The van der Waals surface area contributed by atoms with Crippen LogP contribution in [0.4, 0.5) is 0 Å². The molecule has 0 amide bonds. The number of imidazole rings is 1. The van der Waals surface area contributed by atoms with Gasteiger partial charge in [0.1, 0.15) is 12.3 Å². The molecular formula is C34H26N2OS. The summed E-state index contributed by atoms with van der Waals surface area (Å²) >= 11 is 1.67. The Labute approximate surface area is 227 Å². The minimum atomic E-state index is 0.131. The van der Waals surface area contributed by atoms with Crippen molar-refractivity contribution >= 4 is 17.0 Å². The fraction of sp³-hybridized carbons (Fsp3) is 0.0882. The Bertz CT molecular complexity index is 1730. The molecule has 0 N–H and O–H groups in total. The fourth-order valence-corrected chi connectivity index (χ4v) is 5.45. The van der Waals surface area contributed by atoms with Gasteiger partial charge in [0.25, 0.3) is 0 Å². The monoisotopic (exact) mass is 510 g/mol. The minimum absolute atomic E-state index is 0.131. The molecule has 0 saturated carbocycles. The zero-order chi connectivity index (χ0) is 25.7. The SMILES string of the molecule is CC(c1ccccc1)c1c(-c2ccc(C#Cc3ccccc3)s2)nc2c(OCc3ccccc3)cccn12. The lowest BCUT2D eigenvalue weighted by Gasteiger charge is -2.14. The van der Waals surface area contributed by atoms with Gasteiger partial charge in [0.05, 0.1) is 15.4 Å². The van der Waals surface area contributed by atoms with Crippen molar-refractivity contribution < 1.29 is 4.74 Å². The zero-order valence-corrected chi connectivity index (χ0v) is 21.9. The molecule has 0 aliphatic heterocycles. The Hall–Kier alpha value is -4.59. The van der Waals surface area contributed by atoms with Crippen molar-refractivity contribution in [1.82, 2.24) is 9.38 Å². The lowest BCUT2D eigenvalue weighted by atomic mass is 9.96. The first-order valence-corrected chi connectivity index (χ1v) is 13.5. The predicted octanol–water partition coefficient (Wildman–Crippen LogP) is 8.19. The summed E-state index contributed by atoms with van der Waals surface area (Å²) in [7, 11) is 0. The largest absolute Gasteiger partial charge is 0.485 e. The maximum atomic E-state index is 6.29. The van der Waals surface area contributed by atoms with E-state index in [4.69, 9.17) is 9.72 Å². The smallest absolute Gasteiger partial charge is 0.180 e. The molecule has 0 bridgehead atoms. The fourth-order valence-electron chi connectivity index (χ4n) is 4.59. The Balaban J connectivity index is 1.43. The molecule has 0 saturated heterocycles. The second kappa shape index (κ2) is 10.8. The van der Waals surface area contributed by atoms with Gasteiger partial charge in [0.15, 0.2) is 11.4 Å².